The van der Waals surface area contributed by atoms with Gasteiger partial charge >= 0.3 is 17.9 Å². The number of nitrogens with zero attached hydrogens (tertiary/aromatic N) is 5. The van der Waals surface area contributed by atoms with Crippen molar-refractivity contribution in [2.75, 3.05) is 13.1 Å². The van der Waals surface area contributed by atoms with Crippen molar-refractivity contribution in [1.29, 1.82) is 0 Å². The van der Waals surface area contributed by atoms with E-state index < -0.39 is 58.3 Å². The number of ether oxygens (including phenoxy) is 2. The van der Waals surface area contributed by atoms with Crippen LogP contribution in [0.2, 0.25) is 0 Å². The van der Waals surface area contributed by atoms with Gasteiger partial charge in [0.1, 0.15) is 24.8 Å². The number of nitrogens with one attached hydrogen (secondary N) is 3. The zero-order valence-electron chi connectivity index (χ0n) is 52.7. The van der Waals surface area contributed by atoms with Gasteiger partial charge in [0.2, 0.25) is 17.7 Å². The Morgan fingerprint density at radius 3 is 1.51 bits per heavy atom. The van der Waals surface area contributed by atoms with Crippen LogP contribution in [0.25, 0.3) is 44.6 Å². The van der Waals surface area contributed by atoms with Gasteiger partial charge in [-0.1, -0.05) is 26.7 Å². The normalized spacial score (nSPS) is 20.1. The third-order valence-electron chi connectivity index (χ3n) is 19.7. The number of esters is 2. The third-order valence-corrected chi connectivity index (χ3v) is 19.7. The molecule has 0 spiro atoms. The first-order valence-electron chi connectivity index (χ1n) is 32.3. The number of aryl methyl sites for hydroxylation is 2. The summed E-state index contributed by atoms with van der Waals surface area (Å²) in [6, 6.07) is 5.21. The number of hydrogen-bond acceptors (Lipinski definition) is 18. The monoisotopic (exact) mass is 1290 g/mol. The number of amides is 5. The Morgan fingerprint density at radius 2 is 1.05 bits per heavy atom. The van der Waals surface area contributed by atoms with Crippen LogP contribution in [-0.2, 0) is 103 Å². The van der Waals surface area contributed by atoms with E-state index in [2.05, 4.69) is 16.0 Å². The number of carbonyl (C=O) groups excluding carboxylic acids is 8. The van der Waals surface area contributed by atoms with Crippen LogP contribution >= 0.6 is 0 Å². The molecule has 6 aromatic rings. The maximum atomic E-state index is 15.2. The second kappa shape index (κ2) is 25.6. The van der Waals surface area contributed by atoms with Gasteiger partial charge in [0.15, 0.2) is 11.2 Å². The number of aliphatic hydroxyl groups is 2. The Kier molecular flexibility index (Phi) is 17.7. The van der Waals surface area contributed by atoms with Crippen molar-refractivity contribution >= 4 is 69.2 Å². The number of carbonyl (C=O) groups is 8. The average Bonchev–Trinajstić information content (AvgIpc) is 1.51. The standard InChI is InChI=1S/C40H44FN5O10.C28H29FN4O5/c1-3-40(54)25-17-29-37-23(19-45(29)38(52)24(25)20-55-39(40)53)36-27(13-12-22-21(2)26(41)18-28(44-37)35(22)36)43-31(48)10-8-16-42-30(47)9-6-4-5-7-11-34(51)56-46-32(49)14-15-33(46)50;1-3-28(37)17-9-21-25-15(11-33(21)26(35)16(17)12-38-27(28)36)24-19(31-22(34)5-4-8-30)7-6-14-13(2)18(29)10-20(32-25)23(14)24/h17-18,27,54H,3-16,19-20H2,1-2H3,(H,42,47)(H,43,48);9-10,19,37H,3-8,11-12,30H2,1-2H3,(H,31,34)/t27-,40-;19-,28-/m00/s1. The van der Waals surface area contributed by atoms with E-state index in [-0.39, 0.29) is 129 Å². The molecule has 0 saturated carbocycles. The molecule has 1 saturated heterocycles. The van der Waals surface area contributed by atoms with Gasteiger partial charge in [0.05, 0.1) is 70.1 Å². The van der Waals surface area contributed by atoms with Crippen molar-refractivity contribution in [1.82, 2.24) is 40.1 Å². The minimum absolute atomic E-state index is 0.00530. The predicted molar refractivity (Wildman–Crippen MR) is 332 cm³/mol. The summed E-state index contributed by atoms with van der Waals surface area (Å²) in [5.74, 6) is -4.57. The summed E-state index contributed by atoms with van der Waals surface area (Å²) in [4.78, 5) is 141. The number of benzene rings is 2. The van der Waals surface area contributed by atoms with E-state index in [0.29, 0.717) is 139 Å². The van der Waals surface area contributed by atoms with Crippen LogP contribution in [0.4, 0.5) is 8.78 Å². The minimum atomic E-state index is -2.00. The molecule has 7 aliphatic rings. The number of imide groups is 1. The smallest absolute Gasteiger partial charge is 0.343 e. The number of pyridine rings is 4. The van der Waals surface area contributed by atoms with Gasteiger partial charge in [0.25, 0.3) is 22.9 Å². The van der Waals surface area contributed by atoms with Crippen LogP contribution in [0, 0.1) is 25.5 Å². The number of nitrogens with two attached hydrogens (primary N) is 1. The second-order valence-corrected chi connectivity index (χ2v) is 25.2. The number of aromatic nitrogens is 4. The lowest BCUT2D eigenvalue weighted by Gasteiger charge is -2.31. The largest absolute Gasteiger partial charge is 0.458 e. The molecule has 1 fully saturated rings. The lowest BCUT2D eigenvalue weighted by atomic mass is 9.81. The average molecular weight is 1290 g/mol. The Hall–Kier alpha value is -9.14. The van der Waals surface area contributed by atoms with E-state index >= 15 is 4.39 Å². The first-order valence-corrected chi connectivity index (χ1v) is 32.3. The molecule has 24 nitrogen and oxygen atoms in total. The van der Waals surface area contributed by atoms with Gasteiger partial charge in [-0.05, 0) is 130 Å². The van der Waals surface area contributed by atoms with E-state index in [4.69, 9.17) is 30.0 Å². The molecule has 26 heteroatoms. The molecular weight excluding hydrogens is 1220 g/mol. The van der Waals surface area contributed by atoms with Crippen molar-refractivity contribution in [3.8, 4) is 22.8 Å². The summed E-state index contributed by atoms with van der Waals surface area (Å²) in [5.41, 5.74) is 10.1. The van der Waals surface area contributed by atoms with Crippen LogP contribution in [0.5, 0.6) is 0 Å². The summed E-state index contributed by atoms with van der Waals surface area (Å²) >= 11 is 0. The van der Waals surface area contributed by atoms with Gasteiger partial charge in [-0.15, -0.1) is 5.06 Å². The molecule has 2 aromatic carbocycles. The molecule has 0 radical (unpaired) electrons. The third kappa shape index (κ3) is 11.3. The number of unbranched alkanes of at least 4 members (excludes halogenated alkanes) is 3. The maximum absolute atomic E-state index is 15.2. The van der Waals surface area contributed by atoms with Crippen molar-refractivity contribution in [2.45, 2.75) is 193 Å². The van der Waals surface area contributed by atoms with Crippen LogP contribution in [0.3, 0.4) is 0 Å². The molecule has 9 heterocycles. The molecule has 0 unspecified atom stereocenters. The highest BCUT2D eigenvalue weighted by molar-refractivity contribution is 6.02. The lowest BCUT2D eigenvalue weighted by Crippen LogP contribution is -2.44. The van der Waals surface area contributed by atoms with Crippen molar-refractivity contribution in [3.05, 3.63) is 123 Å². The Bertz CT molecular complexity index is 4390. The molecule has 4 aromatic heterocycles. The first kappa shape index (κ1) is 64.9. The van der Waals surface area contributed by atoms with Gasteiger partial charge in [-0.2, -0.15) is 0 Å². The molecule has 13 rings (SSSR count). The van der Waals surface area contributed by atoms with E-state index in [0.717, 1.165) is 38.6 Å². The summed E-state index contributed by atoms with van der Waals surface area (Å²) in [6.45, 7) is 7.30. The molecule has 5 aliphatic heterocycles. The summed E-state index contributed by atoms with van der Waals surface area (Å²) in [7, 11) is 0. The minimum Gasteiger partial charge on any atom is -0.458 e. The molecule has 94 heavy (non-hydrogen) atoms. The number of hydrogen-bond donors (Lipinski definition) is 6. The number of rotatable bonds is 19. The molecule has 494 valence electrons. The number of cyclic esters (lactones) is 2. The van der Waals surface area contributed by atoms with Crippen LogP contribution in [-0.4, -0.2) is 94.9 Å². The fourth-order valence-corrected chi connectivity index (χ4v) is 14.5. The molecule has 2 aliphatic carbocycles. The fourth-order valence-electron chi connectivity index (χ4n) is 14.5. The summed E-state index contributed by atoms with van der Waals surface area (Å²) in [6.07, 6.45) is 6.48. The Balaban J connectivity index is 0.000000194. The van der Waals surface area contributed by atoms with Gasteiger partial charge in [-0.3, -0.25) is 33.6 Å². The summed E-state index contributed by atoms with van der Waals surface area (Å²) in [5, 5.41) is 33.6. The maximum Gasteiger partial charge on any atom is 0.343 e. The van der Waals surface area contributed by atoms with Crippen LogP contribution < -0.4 is 32.8 Å². The predicted octanol–water partition coefficient (Wildman–Crippen LogP) is 5.84. The molecule has 4 atom stereocenters. The quantitative estimate of drug-likeness (QED) is 0.0314. The molecule has 7 N–H and O–H groups in total. The lowest BCUT2D eigenvalue weighted by molar-refractivity contribution is -0.197. The highest BCUT2D eigenvalue weighted by Crippen LogP contribution is 2.48. The van der Waals surface area contributed by atoms with Crippen molar-refractivity contribution in [2.24, 2.45) is 5.73 Å². The zero-order valence-corrected chi connectivity index (χ0v) is 52.7. The van der Waals surface area contributed by atoms with Crippen molar-refractivity contribution < 1.29 is 71.7 Å². The second-order valence-electron chi connectivity index (χ2n) is 25.2. The van der Waals surface area contributed by atoms with E-state index in [1.807, 2.05) is 0 Å². The van der Waals surface area contributed by atoms with E-state index in [1.54, 1.807) is 44.4 Å². The van der Waals surface area contributed by atoms with E-state index in [1.165, 1.54) is 16.7 Å². The van der Waals surface area contributed by atoms with Crippen LogP contribution in [0.15, 0.2) is 33.9 Å². The number of halogens is 2. The van der Waals surface area contributed by atoms with Crippen molar-refractivity contribution in [3.63, 3.8) is 0 Å². The highest BCUT2D eigenvalue weighted by Gasteiger charge is 2.48. The first-order chi connectivity index (χ1) is 45.0. The fraction of sp³-hybridized carbons (Fsp3) is 0.471. The van der Waals surface area contributed by atoms with Crippen LogP contribution in [0.1, 0.15) is 195 Å². The van der Waals surface area contributed by atoms with Gasteiger partial charge < -0.3 is 55.3 Å². The van der Waals surface area contributed by atoms with Gasteiger partial charge in [-0.25, -0.2) is 33.1 Å². The molecule has 0 bridgehead atoms. The Labute approximate surface area is 536 Å². The Morgan fingerprint density at radius 1 is 0.606 bits per heavy atom. The topological polar surface area (TPSA) is 340 Å². The summed E-state index contributed by atoms with van der Waals surface area (Å²) < 4.78 is 43.6. The number of fused-ring (bicyclic) bond motifs is 10. The highest BCUT2D eigenvalue weighted by atomic mass is 19.1. The number of hydroxylamine groups is 2. The van der Waals surface area contributed by atoms with E-state index in [9.17, 15) is 62.5 Å². The SMILES string of the molecule is CC[C@@]1(O)C(=O)OCc2c1cc1n(c2=O)Cc2c-1nc1cc(F)c(C)c3c1c2[C@@H](NC(=O)CCCN)CC3.CC[C@@]1(O)C(=O)OCc2c1cc1n(c2=O)Cc2c-1nc1cc(F)c(C)c3c1c2[C@@H](NC(=O)CCCNC(=O)CCCCCCC(=O)ON1C(=O)CCC1=O)CC3. The van der Waals surface area contributed by atoms with Gasteiger partial charge in [0, 0.05) is 90.2 Å². The molecule has 5 amide bonds. The zero-order chi connectivity index (χ0) is 66.8. The molecular formula is C68H73F2N9O15.